The molecule has 256 valence electrons. The van der Waals surface area contributed by atoms with E-state index in [4.69, 9.17) is 0 Å². The number of rotatable bonds is 8. The summed E-state index contributed by atoms with van der Waals surface area (Å²) in [7, 11) is 0. The van der Waals surface area contributed by atoms with Gasteiger partial charge in [0.25, 0.3) is 11.8 Å². The van der Waals surface area contributed by atoms with E-state index in [9.17, 15) is 24.4 Å². The smallest absolute Gasteiger partial charge is 0.255 e. The molecular formula is C36H36FN9O4. The summed E-state index contributed by atoms with van der Waals surface area (Å²) in [5.41, 5.74) is 3.56. The SMILES string of the molecule is CC(C)Nc1cc(-n2ccc3cc(C#N)cnc32)ncc1C(=O)NC1CCN(Cc2cc3c(cc2F)C(=O)N(C2CCC(=O)NC2=O)C3)CC1. The van der Waals surface area contributed by atoms with E-state index in [1.165, 1.54) is 17.2 Å². The third-order valence-corrected chi connectivity index (χ3v) is 9.49. The van der Waals surface area contributed by atoms with Crippen molar-refractivity contribution in [3.8, 4) is 11.9 Å². The normalized spacial score (nSPS) is 18.3. The minimum atomic E-state index is -0.754. The number of nitrogens with one attached hydrogen (secondary N) is 3. The van der Waals surface area contributed by atoms with Crippen LogP contribution in [-0.2, 0) is 22.7 Å². The van der Waals surface area contributed by atoms with Crippen LogP contribution in [0, 0.1) is 17.1 Å². The number of benzene rings is 1. The number of nitrogens with zero attached hydrogens (tertiary/aromatic N) is 6. The van der Waals surface area contributed by atoms with Crippen LogP contribution in [0.4, 0.5) is 10.1 Å². The van der Waals surface area contributed by atoms with Gasteiger partial charge >= 0.3 is 0 Å². The van der Waals surface area contributed by atoms with Crippen LogP contribution in [0.5, 0.6) is 0 Å². The first-order chi connectivity index (χ1) is 24.1. The largest absolute Gasteiger partial charge is 0.382 e. The molecule has 0 bridgehead atoms. The maximum absolute atomic E-state index is 15.3. The maximum atomic E-state index is 15.3. The summed E-state index contributed by atoms with van der Waals surface area (Å²) in [5.74, 6) is -1.40. The highest BCUT2D eigenvalue weighted by atomic mass is 19.1. The van der Waals surface area contributed by atoms with E-state index >= 15 is 4.39 Å². The first-order valence-corrected chi connectivity index (χ1v) is 16.7. The number of fused-ring (bicyclic) bond motifs is 2. The number of likely N-dealkylation sites (tertiary alicyclic amines) is 1. The number of pyridine rings is 2. The Kier molecular flexibility index (Phi) is 8.75. The van der Waals surface area contributed by atoms with Crippen molar-refractivity contribution in [3.05, 3.63) is 82.6 Å². The van der Waals surface area contributed by atoms with Gasteiger partial charge in [0.15, 0.2) is 0 Å². The van der Waals surface area contributed by atoms with E-state index in [0.717, 1.165) is 5.39 Å². The third-order valence-electron chi connectivity index (χ3n) is 9.49. The van der Waals surface area contributed by atoms with Gasteiger partial charge in [0.2, 0.25) is 11.8 Å². The van der Waals surface area contributed by atoms with Gasteiger partial charge in [-0.15, -0.1) is 0 Å². The fraction of sp³-hybridized carbons (Fsp3) is 0.361. The van der Waals surface area contributed by atoms with E-state index in [1.54, 1.807) is 18.3 Å². The Hall–Kier alpha value is -5.68. The molecule has 50 heavy (non-hydrogen) atoms. The summed E-state index contributed by atoms with van der Waals surface area (Å²) in [6.45, 7) is 5.79. The number of anilines is 1. The predicted octanol–water partition coefficient (Wildman–Crippen LogP) is 3.41. The Morgan fingerprint density at radius 1 is 1.10 bits per heavy atom. The second-order valence-electron chi connectivity index (χ2n) is 13.3. The van der Waals surface area contributed by atoms with Crippen molar-refractivity contribution in [2.45, 2.75) is 70.7 Å². The number of hydrogen-bond acceptors (Lipinski definition) is 9. The van der Waals surface area contributed by atoms with Crippen LogP contribution in [0.15, 0.2) is 48.9 Å². The molecule has 0 saturated carbocycles. The Labute approximate surface area is 287 Å². The van der Waals surface area contributed by atoms with E-state index in [-0.39, 0.29) is 48.8 Å². The quantitative estimate of drug-likeness (QED) is 0.237. The second kappa shape index (κ2) is 13.3. The van der Waals surface area contributed by atoms with Crippen molar-refractivity contribution >= 4 is 40.3 Å². The molecule has 6 heterocycles. The fourth-order valence-corrected chi connectivity index (χ4v) is 6.96. The average molecular weight is 678 g/mol. The van der Waals surface area contributed by atoms with E-state index in [2.05, 4.69) is 36.9 Å². The molecule has 0 aliphatic carbocycles. The number of imide groups is 1. The van der Waals surface area contributed by atoms with E-state index in [1.807, 2.05) is 36.7 Å². The Morgan fingerprint density at radius 2 is 1.90 bits per heavy atom. The van der Waals surface area contributed by atoms with Crippen molar-refractivity contribution in [1.82, 2.24) is 35.0 Å². The molecule has 14 heteroatoms. The summed E-state index contributed by atoms with van der Waals surface area (Å²) in [6, 6.07) is 9.73. The monoisotopic (exact) mass is 677 g/mol. The van der Waals surface area contributed by atoms with Crippen LogP contribution in [0.1, 0.15) is 76.9 Å². The number of carbonyl (C=O) groups excluding carboxylic acids is 4. The minimum Gasteiger partial charge on any atom is -0.382 e. The van der Waals surface area contributed by atoms with Gasteiger partial charge in [0.05, 0.1) is 16.8 Å². The molecule has 1 aromatic carbocycles. The summed E-state index contributed by atoms with van der Waals surface area (Å²) >= 11 is 0. The molecule has 4 amide bonds. The fourth-order valence-electron chi connectivity index (χ4n) is 6.96. The highest BCUT2D eigenvalue weighted by Gasteiger charge is 2.39. The maximum Gasteiger partial charge on any atom is 0.255 e. The number of aromatic nitrogens is 3. The van der Waals surface area contributed by atoms with Crippen LogP contribution in [0.2, 0.25) is 0 Å². The van der Waals surface area contributed by atoms with Crippen LogP contribution < -0.4 is 16.0 Å². The summed E-state index contributed by atoms with van der Waals surface area (Å²) in [6.07, 6.45) is 6.65. The van der Waals surface area contributed by atoms with Gasteiger partial charge in [-0.1, -0.05) is 0 Å². The lowest BCUT2D eigenvalue weighted by Crippen LogP contribution is -2.52. The number of carbonyl (C=O) groups is 4. The molecule has 3 N–H and O–H groups in total. The molecule has 1 unspecified atom stereocenters. The molecule has 13 nitrogen and oxygen atoms in total. The molecule has 7 rings (SSSR count). The van der Waals surface area contributed by atoms with Crippen molar-refractivity contribution in [1.29, 1.82) is 5.26 Å². The topological polar surface area (TPSA) is 165 Å². The molecular weight excluding hydrogens is 641 g/mol. The van der Waals surface area contributed by atoms with Gasteiger partial charge in [0.1, 0.15) is 29.4 Å². The highest BCUT2D eigenvalue weighted by molar-refractivity contribution is 6.05. The van der Waals surface area contributed by atoms with E-state index in [0.29, 0.717) is 71.9 Å². The molecule has 3 aromatic heterocycles. The van der Waals surface area contributed by atoms with Gasteiger partial charge in [-0.3, -0.25) is 34.0 Å². The molecule has 2 fully saturated rings. The van der Waals surface area contributed by atoms with Crippen molar-refractivity contribution in [3.63, 3.8) is 0 Å². The van der Waals surface area contributed by atoms with Crippen LogP contribution in [-0.4, -0.2) is 79.2 Å². The standard InChI is InChI=1S/C36H36FN9O4/c1-20(2)41-29-14-31(45-10-5-22-11-21(15-38)16-40-33(22)45)39-17-27(29)34(48)42-25-6-8-44(9-7-25)18-24-12-23-19-46(36(50)26(23)13-28(24)37)30-3-4-32(47)43-35(30)49/h5,10-14,16-17,20,25,30H,3-4,6-9,18-19H2,1-2H3,(H,39,41)(H,42,48)(H,43,47,49). The number of hydrogen-bond donors (Lipinski definition) is 3. The Morgan fingerprint density at radius 3 is 2.64 bits per heavy atom. The van der Waals surface area contributed by atoms with Crippen molar-refractivity contribution in [2.24, 2.45) is 0 Å². The average Bonchev–Trinajstić information content (AvgIpc) is 3.65. The highest BCUT2D eigenvalue weighted by Crippen LogP contribution is 2.31. The predicted molar refractivity (Wildman–Crippen MR) is 181 cm³/mol. The van der Waals surface area contributed by atoms with Crippen molar-refractivity contribution in [2.75, 3.05) is 18.4 Å². The summed E-state index contributed by atoms with van der Waals surface area (Å²) in [4.78, 5) is 63.1. The lowest BCUT2D eigenvalue weighted by atomic mass is 10.0. The van der Waals surface area contributed by atoms with Gasteiger partial charge in [-0.05, 0) is 62.9 Å². The number of piperidine rings is 2. The molecule has 3 aliphatic heterocycles. The van der Waals surface area contributed by atoms with Gasteiger partial charge in [-0.2, -0.15) is 5.26 Å². The number of nitriles is 1. The third kappa shape index (κ3) is 6.39. The minimum absolute atomic E-state index is 0.0518. The molecule has 2 saturated heterocycles. The van der Waals surface area contributed by atoms with Crippen LogP contribution in [0.25, 0.3) is 16.9 Å². The Bertz CT molecular complexity index is 2080. The summed E-state index contributed by atoms with van der Waals surface area (Å²) in [5, 5.41) is 18.8. The van der Waals surface area contributed by atoms with Crippen molar-refractivity contribution < 1.29 is 23.6 Å². The number of amides is 4. The zero-order valence-electron chi connectivity index (χ0n) is 27.7. The summed E-state index contributed by atoms with van der Waals surface area (Å²) < 4.78 is 17.1. The lowest BCUT2D eigenvalue weighted by Gasteiger charge is -2.32. The van der Waals surface area contributed by atoms with Gasteiger partial charge in [0, 0.05) is 85.9 Å². The number of halogens is 1. The molecule has 1 atom stereocenters. The van der Waals surface area contributed by atoms with Gasteiger partial charge < -0.3 is 15.5 Å². The zero-order chi connectivity index (χ0) is 35.1. The first-order valence-electron chi connectivity index (χ1n) is 16.7. The van der Waals surface area contributed by atoms with Crippen LogP contribution >= 0.6 is 0 Å². The Balaban J connectivity index is 0.987. The molecule has 0 radical (unpaired) electrons. The lowest BCUT2D eigenvalue weighted by molar-refractivity contribution is -0.136. The first kappa shape index (κ1) is 32.8. The zero-order valence-corrected chi connectivity index (χ0v) is 27.7. The molecule has 4 aromatic rings. The molecule has 3 aliphatic rings. The van der Waals surface area contributed by atoms with E-state index < -0.39 is 23.7 Å². The molecule has 0 spiro atoms. The van der Waals surface area contributed by atoms with Crippen LogP contribution in [0.3, 0.4) is 0 Å². The second-order valence-corrected chi connectivity index (χ2v) is 13.3. The van der Waals surface area contributed by atoms with Gasteiger partial charge in [-0.25, -0.2) is 14.4 Å².